The van der Waals surface area contributed by atoms with Crippen LogP contribution in [0.4, 0.5) is 0 Å². The zero-order valence-electron chi connectivity index (χ0n) is 18.3. The van der Waals surface area contributed by atoms with E-state index in [4.69, 9.17) is 0 Å². The van der Waals surface area contributed by atoms with Crippen LogP contribution in [0.2, 0.25) is 0 Å². The minimum atomic E-state index is -0.603. The summed E-state index contributed by atoms with van der Waals surface area (Å²) in [6.07, 6.45) is 2.22. The number of carbonyl (C=O) groups excluding carboxylic acids is 3. The molecule has 0 aliphatic carbocycles. The second-order valence-corrected chi connectivity index (χ2v) is 8.46. The number of aryl methyl sites for hydroxylation is 1. The van der Waals surface area contributed by atoms with Gasteiger partial charge in [0.15, 0.2) is 0 Å². The van der Waals surface area contributed by atoms with Crippen LogP contribution in [0.5, 0.6) is 0 Å². The Labute approximate surface area is 174 Å². The predicted octanol–water partition coefficient (Wildman–Crippen LogP) is 2.90. The third-order valence-corrected chi connectivity index (χ3v) is 5.67. The molecule has 1 aliphatic heterocycles. The molecule has 6 nitrogen and oxygen atoms in total. The number of likely N-dealkylation sites (tertiary alicyclic amines) is 1. The maximum atomic E-state index is 13.0. The molecule has 2 N–H and O–H groups in total. The van der Waals surface area contributed by atoms with Crippen LogP contribution >= 0.6 is 0 Å². The van der Waals surface area contributed by atoms with Crippen LogP contribution in [0, 0.1) is 18.8 Å². The molecule has 1 heterocycles. The van der Waals surface area contributed by atoms with Crippen molar-refractivity contribution in [3.63, 3.8) is 0 Å². The highest BCUT2D eigenvalue weighted by molar-refractivity contribution is 5.97. The molecular weight excluding hydrogens is 366 g/mol. The summed E-state index contributed by atoms with van der Waals surface area (Å²) in [5, 5.41) is 5.99. The number of nitrogens with zero attached hydrogens (tertiary/aromatic N) is 1. The fourth-order valence-corrected chi connectivity index (χ4v) is 3.66. The van der Waals surface area contributed by atoms with E-state index in [0.717, 1.165) is 12.0 Å². The summed E-state index contributed by atoms with van der Waals surface area (Å²) in [7, 11) is 0. The summed E-state index contributed by atoms with van der Waals surface area (Å²) >= 11 is 0. The van der Waals surface area contributed by atoms with Gasteiger partial charge in [-0.05, 0) is 51.2 Å². The summed E-state index contributed by atoms with van der Waals surface area (Å²) in [5.74, 6) is -0.262. The van der Waals surface area contributed by atoms with Crippen LogP contribution in [-0.4, -0.2) is 47.8 Å². The molecule has 2 atom stereocenters. The summed E-state index contributed by atoms with van der Waals surface area (Å²) < 4.78 is 0. The molecule has 6 heteroatoms. The first-order valence-corrected chi connectivity index (χ1v) is 10.7. The summed E-state index contributed by atoms with van der Waals surface area (Å²) in [4.78, 5) is 39.9. The number of hydrogen-bond acceptors (Lipinski definition) is 3. The van der Waals surface area contributed by atoms with Crippen molar-refractivity contribution in [2.24, 2.45) is 11.8 Å². The lowest BCUT2D eigenvalue weighted by molar-refractivity contribution is -0.136. The van der Waals surface area contributed by atoms with Crippen molar-refractivity contribution in [1.29, 1.82) is 0 Å². The van der Waals surface area contributed by atoms with E-state index in [-0.39, 0.29) is 35.6 Å². The highest BCUT2D eigenvalue weighted by atomic mass is 16.2. The Morgan fingerprint density at radius 2 is 1.76 bits per heavy atom. The van der Waals surface area contributed by atoms with Gasteiger partial charge in [-0.3, -0.25) is 14.4 Å². The second kappa shape index (κ2) is 10.4. The number of rotatable bonds is 7. The summed E-state index contributed by atoms with van der Waals surface area (Å²) in [6, 6.07) is 6.80. The van der Waals surface area contributed by atoms with Gasteiger partial charge >= 0.3 is 0 Å². The third kappa shape index (κ3) is 6.31. The number of amides is 3. The van der Waals surface area contributed by atoms with Gasteiger partial charge in [-0.25, -0.2) is 0 Å². The maximum Gasteiger partial charge on any atom is 0.251 e. The molecule has 160 valence electrons. The minimum absolute atomic E-state index is 0.00373. The van der Waals surface area contributed by atoms with E-state index in [0.29, 0.717) is 31.5 Å². The van der Waals surface area contributed by atoms with Crippen LogP contribution in [0.3, 0.4) is 0 Å². The lowest BCUT2D eigenvalue weighted by Crippen LogP contribution is -2.55. The molecule has 1 saturated heterocycles. The Morgan fingerprint density at radius 3 is 2.31 bits per heavy atom. The van der Waals surface area contributed by atoms with Crippen LogP contribution < -0.4 is 10.6 Å². The first-order valence-electron chi connectivity index (χ1n) is 10.7. The number of nitrogens with one attached hydrogen (secondary N) is 2. The maximum absolute atomic E-state index is 13.0. The van der Waals surface area contributed by atoms with Crippen molar-refractivity contribution in [2.45, 2.75) is 66.0 Å². The smallest absolute Gasteiger partial charge is 0.251 e. The van der Waals surface area contributed by atoms with Crippen molar-refractivity contribution in [3.05, 3.63) is 35.4 Å². The van der Waals surface area contributed by atoms with Gasteiger partial charge in [-0.15, -0.1) is 0 Å². The molecule has 3 amide bonds. The van der Waals surface area contributed by atoms with E-state index in [1.54, 1.807) is 6.07 Å². The molecule has 0 radical (unpaired) electrons. The molecule has 0 saturated carbocycles. The van der Waals surface area contributed by atoms with Gasteiger partial charge in [0.2, 0.25) is 11.8 Å². The first kappa shape index (κ1) is 22.9. The van der Waals surface area contributed by atoms with E-state index in [1.165, 1.54) is 0 Å². The van der Waals surface area contributed by atoms with E-state index in [1.807, 2.05) is 57.7 Å². The Balaban J connectivity index is 2.12. The van der Waals surface area contributed by atoms with Gasteiger partial charge in [0, 0.05) is 30.6 Å². The second-order valence-electron chi connectivity index (χ2n) is 8.46. The normalized spacial score (nSPS) is 17.0. The number of carbonyl (C=O) groups is 3. The number of benzene rings is 1. The predicted molar refractivity (Wildman–Crippen MR) is 114 cm³/mol. The fraction of sp³-hybridized carbons (Fsp3) is 0.609. The van der Waals surface area contributed by atoms with Crippen LogP contribution in [-0.2, 0) is 9.59 Å². The molecule has 1 aromatic carbocycles. The van der Waals surface area contributed by atoms with Gasteiger partial charge in [-0.2, -0.15) is 0 Å². The number of hydrogen-bond donors (Lipinski definition) is 2. The zero-order chi connectivity index (χ0) is 21.6. The SMILES string of the molecule is CC[C@@H](C)NC(=O)[C@@H](NC(=O)c1cccc(C)c1)C1CCN(C(=O)C(C)C)CC1. The highest BCUT2D eigenvalue weighted by Crippen LogP contribution is 2.23. The molecule has 2 rings (SSSR count). The summed E-state index contributed by atoms with van der Waals surface area (Å²) in [5.41, 5.74) is 1.55. The Hall–Kier alpha value is -2.37. The molecule has 0 aromatic heterocycles. The molecule has 1 fully saturated rings. The Bertz CT molecular complexity index is 724. The van der Waals surface area contributed by atoms with Gasteiger partial charge < -0.3 is 15.5 Å². The topological polar surface area (TPSA) is 78.5 Å². The van der Waals surface area contributed by atoms with Crippen LogP contribution in [0.1, 0.15) is 62.9 Å². The van der Waals surface area contributed by atoms with Gasteiger partial charge in [-0.1, -0.05) is 38.5 Å². The van der Waals surface area contributed by atoms with Crippen molar-refractivity contribution in [1.82, 2.24) is 15.5 Å². The largest absolute Gasteiger partial charge is 0.352 e. The lowest BCUT2D eigenvalue weighted by Gasteiger charge is -2.36. The molecule has 29 heavy (non-hydrogen) atoms. The molecule has 0 bridgehead atoms. The van der Waals surface area contributed by atoms with Crippen LogP contribution in [0.15, 0.2) is 24.3 Å². The van der Waals surface area contributed by atoms with Gasteiger partial charge in [0.1, 0.15) is 6.04 Å². The van der Waals surface area contributed by atoms with E-state index >= 15 is 0 Å². The van der Waals surface area contributed by atoms with Gasteiger partial charge in [0.05, 0.1) is 0 Å². The molecule has 1 aromatic rings. The molecule has 1 aliphatic rings. The van der Waals surface area contributed by atoms with E-state index in [2.05, 4.69) is 10.6 Å². The third-order valence-electron chi connectivity index (χ3n) is 5.67. The monoisotopic (exact) mass is 401 g/mol. The van der Waals surface area contributed by atoms with E-state index < -0.39 is 6.04 Å². The Morgan fingerprint density at radius 1 is 1.10 bits per heavy atom. The lowest BCUT2D eigenvalue weighted by atomic mass is 9.88. The number of piperidine rings is 1. The quantitative estimate of drug-likeness (QED) is 0.737. The Kier molecular flexibility index (Phi) is 8.23. The average molecular weight is 402 g/mol. The molecular formula is C23H35N3O3. The summed E-state index contributed by atoms with van der Waals surface area (Å²) in [6.45, 7) is 11.0. The molecule has 0 unspecified atom stereocenters. The standard InChI is InChI=1S/C23H35N3O3/c1-6-17(5)24-22(28)20(25-21(27)19-9-7-8-16(4)14-19)18-10-12-26(13-11-18)23(29)15(2)3/h7-9,14-15,17-18,20H,6,10-13H2,1-5H3,(H,24,28)(H,25,27)/t17-,20+/m1/s1. The minimum Gasteiger partial charge on any atom is -0.352 e. The van der Waals surface area contributed by atoms with Gasteiger partial charge in [0.25, 0.3) is 5.91 Å². The van der Waals surface area contributed by atoms with E-state index in [9.17, 15) is 14.4 Å². The van der Waals surface area contributed by atoms with Crippen molar-refractivity contribution in [3.8, 4) is 0 Å². The molecule has 0 spiro atoms. The van der Waals surface area contributed by atoms with Crippen molar-refractivity contribution in [2.75, 3.05) is 13.1 Å². The van der Waals surface area contributed by atoms with Crippen LogP contribution in [0.25, 0.3) is 0 Å². The highest BCUT2D eigenvalue weighted by Gasteiger charge is 2.34. The van der Waals surface area contributed by atoms with Crippen molar-refractivity contribution >= 4 is 17.7 Å². The fourth-order valence-electron chi connectivity index (χ4n) is 3.66. The zero-order valence-corrected chi connectivity index (χ0v) is 18.3. The van der Waals surface area contributed by atoms with Crippen molar-refractivity contribution < 1.29 is 14.4 Å². The first-order chi connectivity index (χ1) is 13.7. The average Bonchev–Trinajstić information content (AvgIpc) is 2.71.